The van der Waals surface area contributed by atoms with Gasteiger partial charge in [0.25, 0.3) is 0 Å². The molecule has 1 saturated carbocycles. The van der Waals surface area contributed by atoms with Crippen molar-refractivity contribution < 1.29 is 32.2 Å². The van der Waals surface area contributed by atoms with Crippen molar-refractivity contribution in [3.05, 3.63) is 35.4 Å². The molecule has 1 amide bonds. The molecule has 0 bridgehead atoms. The van der Waals surface area contributed by atoms with Crippen LogP contribution in [0.1, 0.15) is 73.5 Å². The molecule has 6 nitrogen and oxygen atoms in total. The van der Waals surface area contributed by atoms with Crippen LogP contribution in [-0.4, -0.2) is 44.0 Å². The molecule has 9 heteroatoms. The Morgan fingerprint density at radius 2 is 1.69 bits per heavy atom. The van der Waals surface area contributed by atoms with E-state index in [2.05, 4.69) is 39.2 Å². The average Bonchev–Trinajstić information content (AvgIpc) is 3.13. The number of alkyl carbamates (subject to hydrolysis) is 1. The van der Waals surface area contributed by atoms with Gasteiger partial charge in [0, 0.05) is 5.92 Å². The molecule has 198 valence electrons. The quantitative estimate of drug-likeness (QED) is 0.458. The predicted molar refractivity (Wildman–Crippen MR) is 132 cm³/mol. The van der Waals surface area contributed by atoms with Gasteiger partial charge in [0.1, 0.15) is 11.7 Å². The Morgan fingerprint density at radius 3 is 2.23 bits per heavy atom. The second-order valence-electron chi connectivity index (χ2n) is 12.7. The molecule has 1 aliphatic heterocycles. The summed E-state index contributed by atoms with van der Waals surface area (Å²) in [6.07, 6.45) is -1.47. The molecule has 1 unspecified atom stereocenters. The molecule has 0 aromatic heterocycles. The van der Waals surface area contributed by atoms with E-state index < -0.39 is 61.8 Å². The Bertz CT molecular complexity index is 941. The summed E-state index contributed by atoms with van der Waals surface area (Å²) in [4.78, 5) is 12.6. The smallest absolute Gasteiger partial charge is 0.407 e. The van der Waals surface area contributed by atoms with Crippen LogP contribution in [0.15, 0.2) is 18.2 Å². The molecule has 3 rings (SSSR count). The molecule has 1 aliphatic carbocycles. The van der Waals surface area contributed by atoms with Crippen molar-refractivity contribution in [1.82, 2.24) is 5.32 Å². The minimum atomic E-state index is -2.34. The maximum absolute atomic E-state index is 14.3. The number of amides is 1. The maximum Gasteiger partial charge on any atom is 0.407 e. The van der Waals surface area contributed by atoms with Gasteiger partial charge >= 0.3 is 6.09 Å². The third-order valence-electron chi connectivity index (χ3n) is 7.10. The van der Waals surface area contributed by atoms with Gasteiger partial charge in [-0.3, -0.25) is 0 Å². The van der Waals surface area contributed by atoms with Crippen molar-refractivity contribution in [2.45, 2.75) is 116 Å². The van der Waals surface area contributed by atoms with E-state index in [0.717, 1.165) is 6.07 Å². The van der Waals surface area contributed by atoms with Crippen molar-refractivity contribution in [1.29, 1.82) is 0 Å². The van der Waals surface area contributed by atoms with Crippen molar-refractivity contribution in [2.75, 3.05) is 0 Å². The first kappa shape index (κ1) is 28.0. The van der Waals surface area contributed by atoms with Gasteiger partial charge in [-0.1, -0.05) is 26.8 Å². The normalized spacial score (nSPS) is 27.4. The molecule has 1 aromatic rings. The molecule has 5 atom stereocenters. The Hall–Kier alpha value is -1.55. The zero-order valence-electron chi connectivity index (χ0n) is 22.6. The van der Waals surface area contributed by atoms with Crippen LogP contribution in [0.5, 0.6) is 0 Å². The van der Waals surface area contributed by atoms with Gasteiger partial charge in [0.05, 0.1) is 18.2 Å². The van der Waals surface area contributed by atoms with Crippen molar-refractivity contribution in [3.8, 4) is 0 Å². The fourth-order valence-corrected chi connectivity index (χ4v) is 5.80. The van der Waals surface area contributed by atoms with Crippen molar-refractivity contribution in [2.24, 2.45) is 5.92 Å². The summed E-state index contributed by atoms with van der Waals surface area (Å²) in [5.41, 5.74) is -0.100. The van der Waals surface area contributed by atoms with Crippen molar-refractivity contribution in [3.63, 3.8) is 0 Å². The standard InChI is InChI=1S/C26H41F2NO5Si/c1-24(2,3)33-23(30)29-19-14-16(21-22(19)32-26(7,8)31-21)20(34-35(9,10)25(4,5)6)15-11-12-17(27)18(28)13-15/h11-13,16,19-22H,14H2,1-10H3,(H,29,30)/t16-,19-,20?,21-,22+/m1/s1. The Balaban J connectivity index is 1.99. The van der Waals surface area contributed by atoms with E-state index in [-0.39, 0.29) is 11.0 Å². The Morgan fingerprint density at radius 1 is 1.09 bits per heavy atom. The van der Waals surface area contributed by atoms with Gasteiger partial charge < -0.3 is 24.0 Å². The van der Waals surface area contributed by atoms with Crippen LogP contribution in [-0.2, 0) is 18.6 Å². The summed E-state index contributed by atoms with van der Waals surface area (Å²) >= 11 is 0. The van der Waals surface area contributed by atoms with Crippen LogP contribution in [0.2, 0.25) is 18.1 Å². The summed E-state index contributed by atoms with van der Waals surface area (Å²) in [7, 11) is -2.34. The van der Waals surface area contributed by atoms with E-state index in [0.29, 0.717) is 12.0 Å². The van der Waals surface area contributed by atoms with Gasteiger partial charge in [-0.2, -0.15) is 0 Å². The highest BCUT2D eigenvalue weighted by atomic mass is 28.4. The van der Waals surface area contributed by atoms with Gasteiger partial charge in [-0.15, -0.1) is 0 Å². The monoisotopic (exact) mass is 513 g/mol. The number of halogens is 2. The lowest BCUT2D eigenvalue weighted by atomic mass is 9.92. The third kappa shape index (κ3) is 6.42. The fraction of sp³-hybridized carbons (Fsp3) is 0.731. The summed E-state index contributed by atoms with van der Waals surface area (Å²) < 4.78 is 53.0. The SMILES string of the molecule is CC(C)(C)OC(=O)N[C@@H]1C[C@H](C(O[Si](C)(C)C(C)(C)C)c2ccc(F)c(F)c2)[C@H]2OC(C)(C)O[C@H]21. The molecule has 1 heterocycles. The number of fused-ring (bicyclic) bond motifs is 1. The number of hydrogen-bond acceptors (Lipinski definition) is 5. The van der Waals surface area contributed by atoms with E-state index in [9.17, 15) is 13.6 Å². The molecule has 0 spiro atoms. The lowest BCUT2D eigenvalue weighted by molar-refractivity contribution is -0.163. The number of nitrogens with one attached hydrogen (secondary N) is 1. The molecule has 2 aliphatic rings. The molecular formula is C26H41F2NO5Si. The fourth-order valence-electron chi connectivity index (χ4n) is 4.50. The van der Waals surface area contributed by atoms with Gasteiger partial charge in [-0.05, 0) is 76.9 Å². The Labute approximate surface area is 209 Å². The average molecular weight is 514 g/mol. The summed E-state index contributed by atoms with van der Waals surface area (Å²) in [6, 6.07) is 3.52. The van der Waals surface area contributed by atoms with Gasteiger partial charge in [0.2, 0.25) is 0 Å². The molecule has 1 N–H and O–H groups in total. The maximum atomic E-state index is 14.3. The minimum absolute atomic E-state index is 0.109. The van der Waals surface area contributed by atoms with E-state index in [1.165, 1.54) is 6.07 Å². The Kier molecular flexibility index (Phi) is 7.52. The van der Waals surface area contributed by atoms with E-state index in [1.807, 2.05) is 13.8 Å². The zero-order valence-corrected chi connectivity index (χ0v) is 23.6. The molecule has 0 radical (unpaired) electrons. The first-order valence-electron chi connectivity index (χ1n) is 12.3. The topological polar surface area (TPSA) is 66.0 Å². The van der Waals surface area contributed by atoms with Crippen LogP contribution >= 0.6 is 0 Å². The summed E-state index contributed by atoms with van der Waals surface area (Å²) in [5.74, 6) is -2.96. The van der Waals surface area contributed by atoms with E-state index in [1.54, 1.807) is 26.8 Å². The molecular weight excluding hydrogens is 472 g/mol. The lowest BCUT2D eigenvalue weighted by Gasteiger charge is -2.42. The first-order chi connectivity index (χ1) is 15.8. The predicted octanol–water partition coefficient (Wildman–Crippen LogP) is 6.46. The zero-order chi connectivity index (χ0) is 26.6. The number of ether oxygens (including phenoxy) is 3. The largest absolute Gasteiger partial charge is 0.444 e. The minimum Gasteiger partial charge on any atom is -0.444 e. The van der Waals surface area contributed by atoms with Crippen LogP contribution < -0.4 is 5.32 Å². The molecule has 1 saturated heterocycles. The lowest BCUT2D eigenvalue weighted by Crippen LogP contribution is -2.45. The highest BCUT2D eigenvalue weighted by Crippen LogP contribution is 2.50. The second kappa shape index (κ2) is 9.39. The number of rotatable bonds is 5. The first-order valence-corrected chi connectivity index (χ1v) is 15.2. The summed E-state index contributed by atoms with van der Waals surface area (Å²) in [5, 5.41) is 2.84. The van der Waals surface area contributed by atoms with Gasteiger partial charge in [-0.25, -0.2) is 13.6 Å². The van der Waals surface area contributed by atoms with Crippen LogP contribution in [0.25, 0.3) is 0 Å². The van der Waals surface area contributed by atoms with Crippen LogP contribution in [0.3, 0.4) is 0 Å². The van der Waals surface area contributed by atoms with Crippen LogP contribution in [0.4, 0.5) is 13.6 Å². The highest BCUT2D eigenvalue weighted by molar-refractivity contribution is 6.74. The second-order valence-corrected chi connectivity index (χ2v) is 17.4. The van der Waals surface area contributed by atoms with E-state index in [4.69, 9.17) is 18.6 Å². The van der Waals surface area contributed by atoms with Crippen molar-refractivity contribution >= 4 is 14.4 Å². The third-order valence-corrected chi connectivity index (χ3v) is 11.6. The molecule has 1 aromatic carbocycles. The number of benzene rings is 1. The van der Waals surface area contributed by atoms with Crippen LogP contribution in [0, 0.1) is 17.6 Å². The number of carbonyl (C=O) groups excluding carboxylic acids is 1. The number of hydrogen-bond donors (Lipinski definition) is 1. The van der Waals surface area contributed by atoms with E-state index >= 15 is 0 Å². The summed E-state index contributed by atoms with van der Waals surface area (Å²) in [6.45, 7) is 19.7. The molecule has 35 heavy (non-hydrogen) atoms. The molecule has 2 fully saturated rings. The highest BCUT2D eigenvalue weighted by Gasteiger charge is 2.57. The van der Waals surface area contributed by atoms with Gasteiger partial charge in [0.15, 0.2) is 25.7 Å². The number of carbonyl (C=O) groups is 1.